The third kappa shape index (κ3) is 2.66. The topological polar surface area (TPSA) is 96.7 Å². The van der Waals surface area contributed by atoms with E-state index in [0.29, 0.717) is 17.5 Å². The maximum absolute atomic E-state index is 12.7. The van der Waals surface area contributed by atoms with E-state index >= 15 is 0 Å². The van der Waals surface area contributed by atoms with Gasteiger partial charge in [-0.15, -0.1) is 0 Å². The standard InChI is InChI=1S/C17H19N5O2/c1-9(2)13(17-19-15(22-24-17)10-7-8-10)18-16(23)14-11-5-3-4-6-12(11)20-21-14/h3-6,9-10,13H,7-8H2,1-2H3,(H,18,23)(H,20,21). The van der Waals surface area contributed by atoms with Gasteiger partial charge in [0, 0.05) is 11.3 Å². The molecule has 1 aromatic carbocycles. The van der Waals surface area contributed by atoms with Crippen LogP contribution < -0.4 is 5.32 Å². The monoisotopic (exact) mass is 325 g/mol. The van der Waals surface area contributed by atoms with E-state index in [2.05, 4.69) is 25.7 Å². The molecule has 7 nitrogen and oxygen atoms in total. The van der Waals surface area contributed by atoms with Crippen LogP contribution in [0.1, 0.15) is 60.9 Å². The quantitative estimate of drug-likeness (QED) is 0.751. The second kappa shape index (κ2) is 5.74. The predicted molar refractivity (Wildman–Crippen MR) is 87.4 cm³/mol. The Labute approximate surface area is 138 Å². The fraction of sp³-hybridized carbons (Fsp3) is 0.412. The molecule has 1 saturated carbocycles. The Morgan fingerprint density at radius 2 is 2.12 bits per heavy atom. The molecule has 0 aliphatic heterocycles. The maximum Gasteiger partial charge on any atom is 0.273 e. The second-order valence-electron chi connectivity index (χ2n) is 6.58. The zero-order chi connectivity index (χ0) is 16.7. The van der Waals surface area contributed by atoms with Crippen LogP contribution in [0.25, 0.3) is 10.9 Å². The molecule has 24 heavy (non-hydrogen) atoms. The molecule has 1 amide bonds. The van der Waals surface area contributed by atoms with E-state index in [-0.39, 0.29) is 17.9 Å². The van der Waals surface area contributed by atoms with Gasteiger partial charge in [0.1, 0.15) is 6.04 Å². The molecule has 1 unspecified atom stereocenters. The highest BCUT2D eigenvalue weighted by atomic mass is 16.5. The number of aromatic nitrogens is 4. The van der Waals surface area contributed by atoms with Crippen molar-refractivity contribution in [2.75, 3.05) is 0 Å². The van der Waals surface area contributed by atoms with Crippen molar-refractivity contribution in [1.29, 1.82) is 0 Å². The number of hydrogen-bond donors (Lipinski definition) is 2. The first-order valence-corrected chi connectivity index (χ1v) is 8.21. The maximum atomic E-state index is 12.7. The van der Waals surface area contributed by atoms with Gasteiger partial charge in [-0.2, -0.15) is 10.1 Å². The number of nitrogens with zero attached hydrogens (tertiary/aromatic N) is 3. The average Bonchev–Trinajstić information content (AvgIpc) is 3.16. The zero-order valence-electron chi connectivity index (χ0n) is 13.6. The van der Waals surface area contributed by atoms with Crippen molar-refractivity contribution in [1.82, 2.24) is 25.7 Å². The number of aromatic amines is 1. The molecule has 1 fully saturated rings. The van der Waals surface area contributed by atoms with Crippen LogP contribution in [-0.2, 0) is 0 Å². The minimum Gasteiger partial charge on any atom is -0.339 e. The van der Waals surface area contributed by atoms with Gasteiger partial charge in [0.05, 0.1) is 5.52 Å². The van der Waals surface area contributed by atoms with Gasteiger partial charge >= 0.3 is 0 Å². The molecule has 2 N–H and O–H groups in total. The van der Waals surface area contributed by atoms with Crippen molar-refractivity contribution in [2.24, 2.45) is 5.92 Å². The molecule has 0 bridgehead atoms. The van der Waals surface area contributed by atoms with E-state index in [0.717, 1.165) is 29.6 Å². The van der Waals surface area contributed by atoms with Crippen molar-refractivity contribution >= 4 is 16.8 Å². The normalized spacial score (nSPS) is 15.8. The highest BCUT2D eigenvalue weighted by Gasteiger charge is 2.32. The van der Waals surface area contributed by atoms with Gasteiger partial charge in [0.2, 0.25) is 5.89 Å². The highest BCUT2D eigenvalue weighted by Crippen LogP contribution is 2.38. The van der Waals surface area contributed by atoms with E-state index in [1.807, 2.05) is 38.1 Å². The number of benzene rings is 1. The smallest absolute Gasteiger partial charge is 0.273 e. The van der Waals surface area contributed by atoms with Gasteiger partial charge in [-0.1, -0.05) is 37.2 Å². The lowest BCUT2D eigenvalue weighted by Crippen LogP contribution is -2.32. The first-order valence-electron chi connectivity index (χ1n) is 8.21. The summed E-state index contributed by atoms with van der Waals surface area (Å²) >= 11 is 0. The Balaban J connectivity index is 1.59. The molecule has 0 saturated heterocycles. The first-order chi connectivity index (χ1) is 11.6. The summed E-state index contributed by atoms with van der Waals surface area (Å²) in [6.45, 7) is 4.02. The molecule has 0 spiro atoms. The molecule has 4 rings (SSSR count). The Hall–Kier alpha value is -2.70. The lowest BCUT2D eigenvalue weighted by Gasteiger charge is -2.17. The van der Waals surface area contributed by atoms with E-state index in [1.165, 1.54) is 0 Å². The molecule has 2 aromatic heterocycles. The van der Waals surface area contributed by atoms with Crippen LogP contribution in [-0.4, -0.2) is 26.2 Å². The van der Waals surface area contributed by atoms with Gasteiger partial charge in [-0.25, -0.2) is 0 Å². The molecular formula is C17H19N5O2. The third-order valence-corrected chi connectivity index (χ3v) is 4.30. The molecular weight excluding hydrogens is 306 g/mol. The number of H-pyrrole nitrogens is 1. The SMILES string of the molecule is CC(C)C(NC(=O)c1n[nH]c2ccccc12)c1nc(C2CC2)no1. The number of nitrogens with one attached hydrogen (secondary N) is 2. The third-order valence-electron chi connectivity index (χ3n) is 4.30. The number of hydrogen-bond acceptors (Lipinski definition) is 5. The van der Waals surface area contributed by atoms with Gasteiger partial charge in [-0.3, -0.25) is 9.89 Å². The van der Waals surface area contributed by atoms with Crippen molar-refractivity contribution in [3.8, 4) is 0 Å². The largest absolute Gasteiger partial charge is 0.339 e. The number of carbonyl (C=O) groups excluding carboxylic acids is 1. The number of fused-ring (bicyclic) bond motifs is 1. The van der Waals surface area contributed by atoms with E-state index in [9.17, 15) is 4.79 Å². The van der Waals surface area contributed by atoms with Crippen molar-refractivity contribution in [3.63, 3.8) is 0 Å². The van der Waals surface area contributed by atoms with Gasteiger partial charge in [0.15, 0.2) is 11.5 Å². The summed E-state index contributed by atoms with van der Waals surface area (Å²) in [5.74, 6) is 1.49. The molecule has 7 heteroatoms. The number of para-hydroxylation sites is 1. The van der Waals surface area contributed by atoms with Crippen LogP contribution in [0.15, 0.2) is 28.8 Å². The highest BCUT2D eigenvalue weighted by molar-refractivity contribution is 6.04. The summed E-state index contributed by atoms with van der Waals surface area (Å²) in [4.78, 5) is 17.1. The summed E-state index contributed by atoms with van der Waals surface area (Å²) in [6, 6.07) is 7.20. The summed E-state index contributed by atoms with van der Waals surface area (Å²) in [5.41, 5.74) is 1.20. The predicted octanol–water partition coefficient (Wildman–Crippen LogP) is 2.95. The van der Waals surface area contributed by atoms with Crippen molar-refractivity contribution < 1.29 is 9.32 Å². The first kappa shape index (κ1) is 14.9. The Bertz CT molecular complexity index is 878. The Kier molecular flexibility index (Phi) is 3.55. The van der Waals surface area contributed by atoms with Crippen LogP contribution in [0.5, 0.6) is 0 Å². The zero-order valence-corrected chi connectivity index (χ0v) is 13.6. The lowest BCUT2D eigenvalue weighted by atomic mass is 10.0. The lowest BCUT2D eigenvalue weighted by molar-refractivity contribution is 0.0910. The summed E-state index contributed by atoms with van der Waals surface area (Å²) < 4.78 is 5.39. The van der Waals surface area contributed by atoms with Gasteiger partial charge in [-0.05, 0) is 24.8 Å². The number of rotatable bonds is 5. The van der Waals surface area contributed by atoms with E-state index in [1.54, 1.807) is 0 Å². The summed E-state index contributed by atoms with van der Waals surface area (Å²) in [7, 11) is 0. The molecule has 124 valence electrons. The van der Waals surface area contributed by atoms with Crippen LogP contribution >= 0.6 is 0 Å². The second-order valence-corrected chi connectivity index (χ2v) is 6.58. The van der Waals surface area contributed by atoms with Crippen LogP contribution in [0.4, 0.5) is 0 Å². The van der Waals surface area contributed by atoms with E-state index in [4.69, 9.17) is 4.52 Å². The van der Waals surface area contributed by atoms with Crippen LogP contribution in [0, 0.1) is 5.92 Å². The minimum atomic E-state index is -0.340. The van der Waals surface area contributed by atoms with E-state index < -0.39 is 0 Å². The molecule has 1 atom stereocenters. The number of amides is 1. The van der Waals surface area contributed by atoms with Crippen molar-refractivity contribution in [3.05, 3.63) is 41.7 Å². The molecule has 1 aliphatic carbocycles. The molecule has 3 aromatic rings. The Morgan fingerprint density at radius 3 is 2.88 bits per heavy atom. The molecule has 2 heterocycles. The van der Waals surface area contributed by atoms with Crippen LogP contribution in [0.3, 0.4) is 0 Å². The minimum absolute atomic E-state index is 0.117. The van der Waals surface area contributed by atoms with Crippen LogP contribution in [0.2, 0.25) is 0 Å². The summed E-state index contributed by atoms with van der Waals surface area (Å²) in [6.07, 6.45) is 2.22. The molecule has 1 aliphatic rings. The molecule has 0 radical (unpaired) electrons. The Morgan fingerprint density at radius 1 is 1.33 bits per heavy atom. The van der Waals surface area contributed by atoms with Gasteiger partial charge in [0.25, 0.3) is 5.91 Å². The number of carbonyl (C=O) groups is 1. The van der Waals surface area contributed by atoms with Crippen molar-refractivity contribution in [2.45, 2.75) is 38.6 Å². The fourth-order valence-corrected chi connectivity index (χ4v) is 2.74. The fourth-order valence-electron chi connectivity index (χ4n) is 2.74. The van der Waals surface area contributed by atoms with Gasteiger partial charge < -0.3 is 9.84 Å². The summed E-state index contributed by atoms with van der Waals surface area (Å²) in [5, 5.41) is 14.8. The average molecular weight is 325 g/mol.